The van der Waals surface area contributed by atoms with Gasteiger partial charge in [-0.2, -0.15) is 5.10 Å². The van der Waals surface area contributed by atoms with E-state index in [1.54, 1.807) is 0 Å². The molecule has 1 aromatic heterocycles. The zero-order valence-corrected chi connectivity index (χ0v) is 11.8. The molecule has 0 aromatic carbocycles. The Morgan fingerprint density at radius 3 is 2.72 bits per heavy atom. The van der Waals surface area contributed by atoms with Gasteiger partial charge in [0.15, 0.2) is 5.03 Å². The van der Waals surface area contributed by atoms with Crippen LogP contribution in [-0.4, -0.2) is 29.8 Å². The molecule has 0 aliphatic rings. The highest BCUT2D eigenvalue weighted by atomic mass is 32.2. The summed E-state index contributed by atoms with van der Waals surface area (Å²) in [4.78, 5) is 0. The number of hydrogen-bond acceptors (Lipinski definition) is 4. The minimum atomic E-state index is -3.64. The van der Waals surface area contributed by atoms with Crippen LogP contribution in [0.4, 0.5) is 0 Å². The van der Waals surface area contributed by atoms with E-state index in [9.17, 15) is 8.42 Å². The Hall–Kier alpha value is -0.920. The normalized spacial score (nSPS) is 15.6. The zero-order valence-electron chi connectivity index (χ0n) is 11.0. The Balaban J connectivity index is 2.76. The third-order valence-electron chi connectivity index (χ3n) is 2.93. The van der Waals surface area contributed by atoms with Crippen molar-refractivity contribution >= 4 is 10.0 Å². The second-order valence-corrected chi connectivity index (χ2v) is 6.30. The summed E-state index contributed by atoms with van der Waals surface area (Å²) >= 11 is 0. The van der Waals surface area contributed by atoms with Crippen molar-refractivity contribution in [3.8, 4) is 0 Å². The van der Waals surface area contributed by atoms with Crippen LogP contribution in [0.5, 0.6) is 0 Å². The molecular weight excluding hydrogens is 254 g/mol. The van der Waals surface area contributed by atoms with Crippen LogP contribution in [0.15, 0.2) is 11.2 Å². The van der Waals surface area contributed by atoms with E-state index in [0.717, 1.165) is 12.8 Å². The molecule has 18 heavy (non-hydrogen) atoms. The molecule has 3 N–H and O–H groups in total. The van der Waals surface area contributed by atoms with Gasteiger partial charge in [0.2, 0.25) is 0 Å². The molecule has 6 nitrogen and oxygen atoms in total. The minimum Gasteiger partial charge on any atom is -0.392 e. The van der Waals surface area contributed by atoms with E-state index < -0.39 is 10.0 Å². The summed E-state index contributed by atoms with van der Waals surface area (Å²) in [6.07, 6.45) is 3.10. The number of nitrogens with one attached hydrogen (secondary N) is 2. The molecule has 0 saturated carbocycles. The van der Waals surface area contributed by atoms with E-state index in [4.69, 9.17) is 5.11 Å². The monoisotopic (exact) mass is 275 g/mol. The lowest BCUT2D eigenvalue weighted by molar-refractivity contribution is 0.278. The number of nitrogens with zero attached hydrogens (tertiary/aromatic N) is 1. The lowest BCUT2D eigenvalue weighted by Gasteiger charge is -2.17. The van der Waals surface area contributed by atoms with Crippen molar-refractivity contribution in [2.24, 2.45) is 5.92 Å². The van der Waals surface area contributed by atoms with Gasteiger partial charge in [-0.1, -0.05) is 20.3 Å². The zero-order chi connectivity index (χ0) is 13.8. The van der Waals surface area contributed by atoms with Crippen LogP contribution in [0, 0.1) is 5.92 Å². The molecule has 0 aliphatic heterocycles. The molecular formula is C11H21N3O3S. The molecule has 104 valence electrons. The summed E-state index contributed by atoms with van der Waals surface area (Å²) in [5.74, 6) is 0.460. The molecule has 0 bridgehead atoms. The van der Waals surface area contributed by atoms with E-state index in [1.807, 2.05) is 6.92 Å². The fourth-order valence-corrected chi connectivity index (χ4v) is 3.17. The number of aromatic nitrogens is 2. The maximum Gasteiger partial charge on any atom is 0.258 e. The first-order valence-electron chi connectivity index (χ1n) is 6.06. The molecule has 0 fully saturated rings. The van der Waals surface area contributed by atoms with Crippen molar-refractivity contribution < 1.29 is 13.5 Å². The molecule has 0 amide bonds. The number of rotatable bonds is 7. The molecule has 1 aromatic rings. The summed E-state index contributed by atoms with van der Waals surface area (Å²) < 4.78 is 26.7. The highest BCUT2D eigenvalue weighted by molar-refractivity contribution is 7.89. The molecule has 0 aliphatic carbocycles. The van der Waals surface area contributed by atoms with Crippen LogP contribution < -0.4 is 4.72 Å². The summed E-state index contributed by atoms with van der Waals surface area (Å²) in [5.41, 5.74) is 0.276. The predicted molar refractivity (Wildman–Crippen MR) is 68.4 cm³/mol. The van der Waals surface area contributed by atoms with Gasteiger partial charge in [-0.15, -0.1) is 0 Å². The number of aliphatic hydroxyl groups excluding tert-OH is 1. The highest BCUT2D eigenvalue weighted by Crippen LogP contribution is 2.15. The quantitative estimate of drug-likeness (QED) is 0.692. The van der Waals surface area contributed by atoms with Gasteiger partial charge in [-0.3, -0.25) is 5.10 Å². The van der Waals surface area contributed by atoms with Gasteiger partial charge < -0.3 is 5.11 Å². The summed E-state index contributed by atoms with van der Waals surface area (Å²) in [7, 11) is -3.64. The predicted octanol–water partition coefficient (Wildman–Crippen LogP) is 1.00. The van der Waals surface area contributed by atoms with Crippen molar-refractivity contribution in [3.05, 3.63) is 11.8 Å². The van der Waals surface area contributed by atoms with Gasteiger partial charge in [0.1, 0.15) is 0 Å². The van der Waals surface area contributed by atoms with Gasteiger partial charge in [-0.25, -0.2) is 13.1 Å². The largest absolute Gasteiger partial charge is 0.392 e. The first-order valence-corrected chi connectivity index (χ1v) is 7.54. The Kier molecular flexibility index (Phi) is 5.30. The first-order chi connectivity index (χ1) is 8.40. The average Bonchev–Trinajstić information content (AvgIpc) is 2.76. The standard InChI is InChI=1S/C11H21N3O3S/c1-4-8(2)5-9(3)14-18(16,17)11-10(7-15)6-12-13-11/h6,8-9,14-15H,4-5,7H2,1-3H3,(H,12,13). The van der Waals surface area contributed by atoms with Crippen LogP contribution in [0.1, 0.15) is 39.2 Å². The molecule has 0 spiro atoms. The van der Waals surface area contributed by atoms with E-state index >= 15 is 0 Å². The average molecular weight is 275 g/mol. The van der Waals surface area contributed by atoms with Gasteiger partial charge >= 0.3 is 0 Å². The van der Waals surface area contributed by atoms with Crippen LogP contribution in [0.2, 0.25) is 0 Å². The van der Waals surface area contributed by atoms with Crippen molar-refractivity contribution in [1.82, 2.24) is 14.9 Å². The second kappa shape index (κ2) is 6.31. The van der Waals surface area contributed by atoms with E-state index in [0.29, 0.717) is 5.92 Å². The summed E-state index contributed by atoms with van der Waals surface area (Å²) in [6.45, 7) is 5.63. The van der Waals surface area contributed by atoms with Crippen LogP contribution in [0.25, 0.3) is 0 Å². The first kappa shape index (κ1) is 15.1. The Morgan fingerprint density at radius 1 is 1.50 bits per heavy atom. The van der Waals surface area contributed by atoms with Gasteiger partial charge in [-0.05, 0) is 19.3 Å². The molecule has 0 saturated heterocycles. The van der Waals surface area contributed by atoms with E-state index in [-0.39, 0.29) is 23.2 Å². The Labute approximate surface area is 108 Å². The van der Waals surface area contributed by atoms with Crippen molar-refractivity contribution in [3.63, 3.8) is 0 Å². The van der Waals surface area contributed by atoms with E-state index in [2.05, 4.69) is 28.8 Å². The maximum atomic E-state index is 12.1. The maximum absolute atomic E-state index is 12.1. The van der Waals surface area contributed by atoms with Crippen molar-refractivity contribution in [2.75, 3.05) is 0 Å². The third kappa shape index (κ3) is 3.79. The lowest BCUT2D eigenvalue weighted by atomic mass is 10.0. The Bertz CT molecular complexity index is 470. The fourth-order valence-electron chi connectivity index (χ4n) is 1.79. The second-order valence-electron chi connectivity index (χ2n) is 4.65. The van der Waals surface area contributed by atoms with Crippen LogP contribution in [-0.2, 0) is 16.6 Å². The number of hydrogen-bond donors (Lipinski definition) is 3. The lowest BCUT2D eigenvalue weighted by Crippen LogP contribution is -2.34. The Morgan fingerprint density at radius 2 is 2.17 bits per heavy atom. The van der Waals surface area contributed by atoms with Crippen molar-refractivity contribution in [2.45, 2.75) is 51.3 Å². The molecule has 2 atom stereocenters. The van der Waals surface area contributed by atoms with Crippen LogP contribution in [0.3, 0.4) is 0 Å². The van der Waals surface area contributed by atoms with Gasteiger partial charge in [0, 0.05) is 11.6 Å². The number of aliphatic hydroxyl groups is 1. The van der Waals surface area contributed by atoms with Gasteiger partial charge in [0.25, 0.3) is 10.0 Å². The van der Waals surface area contributed by atoms with Gasteiger partial charge in [0.05, 0.1) is 12.8 Å². The fraction of sp³-hybridized carbons (Fsp3) is 0.727. The van der Waals surface area contributed by atoms with E-state index in [1.165, 1.54) is 6.20 Å². The minimum absolute atomic E-state index is 0.0546. The summed E-state index contributed by atoms with van der Waals surface area (Å²) in [6, 6.07) is -0.153. The topological polar surface area (TPSA) is 95.1 Å². The highest BCUT2D eigenvalue weighted by Gasteiger charge is 2.23. The third-order valence-corrected chi connectivity index (χ3v) is 4.53. The number of sulfonamides is 1. The SMILES string of the molecule is CCC(C)CC(C)NS(=O)(=O)c1[nH]ncc1CO. The smallest absolute Gasteiger partial charge is 0.258 e. The number of H-pyrrole nitrogens is 1. The molecule has 7 heteroatoms. The summed E-state index contributed by atoms with van der Waals surface area (Å²) in [5, 5.41) is 15.0. The molecule has 2 unspecified atom stereocenters. The van der Waals surface area contributed by atoms with Crippen LogP contribution >= 0.6 is 0 Å². The molecule has 0 radical (unpaired) electrons. The number of aromatic amines is 1. The molecule has 1 rings (SSSR count). The van der Waals surface area contributed by atoms with Crippen molar-refractivity contribution in [1.29, 1.82) is 0 Å². The molecule has 1 heterocycles.